The summed E-state index contributed by atoms with van der Waals surface area (Å²) in [6, 6.07) is 2.57. The lowest BCUT2D eigenvalue weighted by Crippen LogP contribution is -2.57. The summed E-state index contributed by atoms with van der Waals surface area (Å²) < 4.78 is 0. The lowest BCUT2D eigenvalue weighted by molar-refractivity contribution is 0.0155. The summed E-state index contributed by atoms with van der Waals surface area (Å²) in [6.07, 6.45) is 3.82. The Balaban J connectivity index is 1.98. The second kappa shape index (κ2) is 5.25. The average Bonchev–Trinajstić information content (AvgIpc) is 2.30. The summed E-state index contributed by atoms with van der Waals surface area (Å²) in [7, 11) is 2.25. The van der Waals surface area contributed by atoms with E-state index in [4.69, 9.17) is 5.73 Å². The van der Waals surface area contributed by atoms with Crippen molar-refractivity contribution in [1.82, 2.24) is 9.80 Å². The largest absolute Gasteiger partial charge is 0.327 e. The van der Waals surface area contributed by atoms with Crippen molar-refractivity contribution in [2.24, 2.45) is 11.7 Å². The molecule has 2 aliphatic heterocycles. The molecule has 0 saturated carbocycles. The summed E-state index contributed by atoms with van der Waals surface area (Å²) in [5.41, 5.74) is 6.17. The zero-order valence-electron chi connectivity index (χ0n) is 11.9. The van der Waals surface area contributed by atoms with Gasteiger partial charge in [-0.25, -0.2) is 0 Å². The molecule has 2 saturated heterocycles. The molecule has 2 rings (SSSR count). The van der Waals surface area contributed by atoms with Gasteiger partial charge in [-0.1, -0.05) is 6.92 Å². The molecule has 0 aromatic rings. The van der Waals surface area contributed by atoms with E-state index in [0.717, 1.165) is 12.1 Å². The van der Waals surface area contributed by atoms with Gasteiger partial charge in [0, 0.05) is 30.7 Å². The van der Waals surface area contributed by atoms with Crippen LogP contribution in [0.15, 0.2) is 0 Å². The van der Waals surface area contributed by atoms with Crippen molar-refractivity contribution in [3.8, 4) is 0 Å². The third-order valence-corrected chi connectivity index (χ3v) is 5.33. The van der Waals surface area contributed by atoms with Crippen LogP contribution in [0.2, 0.25) is 0 Å². The molecule has 0 bridgehead atoms. The normalized spacial score (nSPS) is 46.1. The second-order valence-electron chi connectivity index (χ2n) is 6.30. The van der Waals surface area contributed by atoms with Crippen LogP contribution in [0.1, 0.15) is 40.0 Å². The Bertz CT molecular complexity index is 256. The van der Waals surface area contributed by atoms with Crippen LogP contribution in [0.25, 0.3) is 0 Å². The molecule has 0 aromatic carbocycles. The number of piperidine rings is 2. The van der Waals surface area contributed by atoms with Gasteiger partial charge in [0.25, 0.3) is 0 Å². The number of likely N-dealkylation sites (tertiary alicyclic amines) is 2. The molecule has 0 spiro atoms. The Morgan fingerprint density at radius 2 is 1.76 bits per heavy atom. The first-order valence-electron chi connectivity index (χ1n) is 7.22. The van der Waals surface area contributed by atoms with Gasteiger partial charge in [0.2, 0.25) is 0 Å². The Labute approximate surface area is 106 Å². The molecular formula is C14H29N3. The van der Waals surface area contributed by atoms with Gasteiger partial charge in [-0.3, -0.25) is 4.90 Å². The Hall–Kier alpha value is -0.120. The molecule has 2 heterocycles. The molecule has 3 heteroatoms. The molecule has 0 aromatic heterocycles. The first kappa shape index (κ1) is 13.3. The van der Waals surface area contributed by atoms with Crippen molar-refractivity contribution in [3.63, 3.8) is 0 Å². The summed E-state index contributed by atoms with van der Waals surface area (Å²) in [5.74, 6) is 0.638. The van der Waals surface area contributed by atoms with Crippen molar-refractivity contribution < 1.29 is 0 Å². The fourth-order valence-electron chi connectivity index (χ4n) is 3.51. The molecule has 2 fully saturated rings. The van der Waals surface area contributed by atoms with E-state index in [1.807, 2.05) is 0 Å². The van der Waals surface area contributed by atoms with E-state index in [-0.39, 0.29) is 0 Å². The number of hydrogen-bond acceptors (Lipinski definition) is 3. The maximum absolute atomic E-state index is 6.17. The third kappa shape index (κ3) is 2.67. The molecule has 5 atom stereocenters. The standard InChI is InChI=1S/C14H29N3/c1-10-9-13(5-7-16(10)4)17-8-6-14(15)11(2)12(17)3/h10-14H,5-9,15H2,1-4H3. The van der Waals surface area contributed by atoms with Gasteiger partial charge < -0.3 is 10.6 Å². The van der Waals surface area contributed by atoms with Crippen molar-refractivity contribution in [1.29, 1.82) is 0 Å². The summed E-state index contributed by atoms with van der Waals surface area (Å²) in [5, 5.41) is 0. The molecule has 0 amide bonds. The van der Waals surface area contributed by atoms with E-state index in [0.29, 0.717) is 18.0 Å². The lowest BCUT2D eigenvalue weighted by Gasteiger charge is -2.48. The maximum atomic E-state index is 6.17. The van der Waals surface area contributed by atoms with Crippen LogP contribution in [0.5, 0.6) is 0 Å². The van der Waals surface area contributed by atoms with Crippen molar-refractivity contribution in [3.05, 3.63) is 0 Å². The number of nitrogens with zero attached hydrogens (tertiary/aromatic N) is 2. The SMILES string of the molecule is CC1C(N)CCN(C2CCN(C)C(C)C2)C1C. The molecule has 0 radical (unpaired) electrons. The average molecular weight is 239 g/mol. The molecule has 3 nitrogen and oxygen atoms in total. The summed E-state index contributed by atoms with van der Waals surface area (Å²) in [4.78, 5) is 5.22. The molecular weight excluding hydrogens is 210 g/mol. The predicted molar refractivity (Wildman–Crippen MR) is 73.0 cm³/mol. The lowest BCUT2D eigenvalue weighted by atomic mass is 9.84. The number of hydrogen-bond donors (Lipinski definition) is 1. The van der Waals surface area contributed by atoms with Crippen LogP contribution >= 0.6 is 0 Å². The Morgan fingerprint density at radius 1 is 1.06 bits per heavy atom. The fourth-order valence-corrected chi connectivity index (χ4v) is 3.51. The van der Waals surface area contributed by atoms with Crippen LogP contribution < -0.4 is 5.73 Å². The van der Waals surface area contributed by atoms with Crippen molar-refractivity contribution >= 4 is 0 Å². The molecule has 17 heavy (non-hydrogen) atoms. The molecule has 0 aliphatic carbocycles. The highest BCUT2D eigenvalue weighted by molar-refractivity contribution is 4.92. The Morgan fingerprint density at radius 3 is 2.41 bits per heavy atom. The fraction of sp³-hybridized carbons (Fsp3) is 1.00. The van der Waals surface area contributed by atoms with E-state index in [9.17, 15) is 0 Å². The van der Waals surface area contributed by atoms with Crippen LogP contribution in [0, 0.1) is 5.92 Å². The first-order chi connectivity index (χ1) is 8.00. The predicted octanol–water partition coefficient (Wildman–Crippen LogP) is 1.53. The van der Waals surface area contributed by atoms with Crippen LogP contribution in [-0.4, -0.2) is 54.1 Å². The van der Waals surface area contributed by atoms with Gasteiger partial charge in [0.05, 0.1) is 0 Å². The van der Waals surface area contributed by atoms with Gasteiger partial charge in [-0.05, 0) is 52.6 Å². The van der Waals surface area contributed by atoms with E-state index < -0.39 is 0 Å². The van der Waals surface area contributed by atoms with Gasteiger partial charge in [0.1, 0.15) is 0 Å². The van der Waals surface area contributed by atoms with Gasteiger partial charge in [-0.15, -0.1) is 0 Å². The minimum atomic E-state index is 0.407. The van der Waals surface area contributed by atoms with Gasteiger partial charge in [0.15, 0.2) is 0 Å². The van der Waals surface area contributed by atoms with Crippen LogP contribution in [0.3, 0.4) is 0 Å². The smallest absolute Gasteiger partial charge is 0.0125 e. The molecule has 5 unspecified atom stereocenters. The van der Waals surface area contributed by atoms with Gasteiger partial charge in [-0.2, -0.15) is 0 Å². The minimum absolute atomic E-state index is 0.407. The van der Waals surface area contributed by atoms with E-state index in [1.165, 1.54) is 32.4 Å². The number of rotatable bonds is 1. The van der Waals surface area contributed by atoms with Gasteiger partial charge >= 0.3 is 0 Å². The van der Waals surface area contributed by atoms with Crippen LogP contribution in [0.4, 0.5) is 0 Å². The first-order valence-corrected chi connectivity index (χ1v) is 7.22. The summed E-state index contributed by atoms with van der Waals surface area (Å²) >= 11 is 0. The van der Waals surface area contributed by atoms with E-state index in [1.54, 1.807) is 0 Å². The number of nitrogens with two attached hydrogens (primary N) is 1. The Kier molecular flexibility index (Phi) is 4.11. The monoisotopic (exact) mass is 239 g/mol. The molecule has 100 valence electrons. The quantitative estimate of drug-likeness (QED) is 0.753. The van der Waals surface area contributed by atoms with Crippen molar-refractivity contribution in [2.45, 2.75) is 64.2 Å². The molecule has 2 aliphatic rings. The van der Waals surface area contributed by atoms with E-state index >= 15 is 0 Å². The highest BCUT2D eigenvalue weighted by Gasteiger charge is 2.36. The topological polar surface area (TPSA) is 32.5 Å². The zero-order chi connectivity index (χ0) is 12.6. The summed E-state index contributed by atoms with van der Waals surface area (Å²) in [6.45, 7) is 9.49. The van der Waals surface area contributed by atoms with Crippen LogP contribution in [-0.2, 0) is 0 Å². The van der Waals surface area contributed by atoms with Crippen molar-refractivity contribution in [2.75, 3.05) is 20.1 Å². The minimum Gasteiger partial charge on any atom is -0.327 e. The highest BCUT2D eigenvalue weighted by Crippen LogP contribution is 2.29. The third-order valence-electron chi connectivity index (χ3n) is 5.33. The van der Waals surface area contributed by atoms with E-state index in [2.05, 4.69) is 37.6 Å². The molecule has 2 N–H and O–H groups in total. The second-order valence-corrected chi connectivity index (χ2v) is 6.30. The highest BCUT2D eigenvalue weighted by atomic mass is 15.2. The zero-order valence-corrected chi connectivity index (χ0v) is 11.9. The maximum Gasteiger partial charge on any atom is 0.0125 e.